The maximum absolute atomic E-state index is 11.3. The standard InChI is InChI=1S/C16H28O3/c1-4-5-6-7-8-9-10-11-12-15(13-17)19-16(18)14(2)3/h13,15H,2,4-12H2,1,3H3. The predicted octanol–water partition coefficient (Wildman–Crippen LogP) is 4.20. The molecule has 0 aliphatic rings. The van der Waals surface area contributed by atoms with Crippen molar-refractivity contribution in [3.63, 3.8) is 0 Å². The van der Waals surface area contributed by atoms with E-state index in [4.69, 9.17) is 4.74 Å². The van der Waals surface area contributed by atoms with Crippen LogP contribution in [-0.2, 0) is 14.3 Å². The fourth-order valence-corrected chi connectivity index (χ4v) is 1.87. The first-order valence-corrected chi connectivity index (χ1v) is 7.43. The van der Waals surface area contributed by atoms with Gasteiger partial charge in [0.05, 0.1) is 0 Å². The molecule has 110 valence electrons. The fraction of sp³-hybridized carbons (Fsp3) is 0.750. The van der Waals surface area contributed by atoms with Crippen LogP contribution in [0.3, 0.4) is 0 Å². The van der Waals surface area contributed by atoms with Crippen LogP contribution in [0.1, 0.15) is 71.6 Å². The summed E-state index contributed by atoms with van der Waals surface area (Å²) in [6.45, 7) is 7.30. The van der Waals surface area contributed by atoms with Crippen molar-refractivity contribution in [2.75, 3.05) is 0 Å². The van der Waals surface area contributed by atoms with E-state index in [0.717, 1.165) is 12.8 Å². The average Bonchev–Trinajstić information content (AvgIpc) is 2.39. The van der Waals surface area contributed by atoms with Crippen molar-refractivity contribution in [3.05, 3.63) is 12.2 Å². The Balaban J connectivity index is 3.54. The lowest BCUT2D eigenvalue weighted by Crippen LogP contribution is -2.19. The highest BCUT2D eigenvalue weighted by Crippen LogP contribution is 2.11. The molecule has 0 bridgehead atoms. The summed E-state index contributed by atoms with van der Waals surface area (Å²) in [5.41, 5.74) is 0.336. The molecule has 0 aromatic carbocycles. The van der Waals surface area contributed by atoms with Crippen LogP contribution in [0.25, 0.3) is 0 Å². The molecular weight excluding hydrogens is 240 g/mol. The second kappa shape index (κ2) is 11.9. The van der Waals surface area contributed by atoms with E-state index < -0.39 is 12.1 Å². The van der Waals surface area contributed by atoms with Gasteiger partial charge in [0.2, 0.25) is 0 Å². The molecule has 0 aromatic heterocycles. The van der Waals surface area contributed by atoms with Gasteiger partial charge in [-0.25, -0.2) is 4.79 Å². The van der Waals surface area contributed by atoms with Crippen LogP contribution in [0.5, 0.6) is 0 Å². The summed E-state index contributed by atoms with van der Waals surface area (Å²) < 4.78 is 5.01. The van der Waals surface area contributed by atoms with E-state index in [-0.39, 0.29) is 0 Å². The van der Waals surface area contributed by atoms with Crippen molar-refractivity contribution in [2.24, 2.45) is 0 Å². The molecule has 1 atom stereocenters. The molecule has 3 heteroatoms. The Morgan fingerprint density at radius 3 is 2.11 bits per heavy atom. The predicted molar refractivity (Wildman–Crippen MR) is 78.0 cm³/mol. The molecule has 0 aliphatic carbocycles. The quantitative estimate of drug-likeness (QED) is 0.230. The van der Waals surface area contributed by atoms with E-state index in [0.29, 0.717) is 18.3 Å². The van der Waals surface area contributed by atoms with Crippen LogP contribution >= 0.6 is 0 Å². The van der Waals surface area contributed by atoms with Crippen molar-refractivity contribution >= 4 is 12.3 Å². The van der Waals surface area contributed by atoms with Gasteiger partial charge in [0.15, 0.2) is 12.4 Å². The van der Waals surface area contributed by atoms with Crippen LogP contribution in [-0.4, -0.2) is 18.4 Å². The first-order chi connectivity index (χ1) is 9.11. The summed E-state index contributed by atoms with van der Waals surface area (Å²) in [5.74, 6) is -0.475. The summed E-state index contributed by atoms with van der Waals surface area (Å²) in [5, 5.41) is 0. The number of rotatable bonds is 12. The second-order valence-corrected chi connectivity index (χ2v) is 5.12. The molecule has 0 rings (SSSR count). The summed E-state index contributed by atoms with van der Waals surface area (Å²) in [4.78, 5) is 22.1. The molecule has 0 aromatic rings. The number of hydrogen-bond acceptors (Lipinski definition) is 3. The van der Waals surface area contributed by atoms with Crippen molar-refractivity contribution in [3.8, 4) is 0 Å². The Kier molecular flexibility index (Phi) is 11.2. The van der Waals surface area contributed by atoms with Gasteiger partial charge in [-0.05, 0) is 19.8 Å². The number of hydrogen-bond donors (Lipinski definition) is 0. The Morgan fingerprint density at radius 1 is 1.11 bits per heavy atom. The maximum Gasteiger partial charge on any atom is 0.333 e. The molecule has 0 radical (unpaired) electrons. The van der Waals surface area contributed by atoms with Crippen LogP contribution in [0, 0.1) is 0 Å². The molecule has 0 heterocycles. The van der Waals surface area contributed by atoms with Gasteiger partial charge in [-0.2, -0.15) is 0 Å². The number of aldehydes is 1. The fourth-order valence-electron chi connectivity index (χ4n) is 1.87. The van der Waals surface area contributed by atoms with Gasteiger partial charge in [-0.3, -0.25) is 4.79 Å². The van der Waals surface area contributed by atoms with E-state index in [1.165, 1.54) is 38.5 Å². The third kappa shape index (κ3) is 10.5. The lowest BCUT2D eigenvalue weighted by Gasteiger charge is -2.11. The number of ether oxygens (including phenoxy) is 1. The van der Waals surface area contributed by atoms with Gasteiger partial charge in [-0.1, -0.05) is 58.4 Å². The third-order valence-corrected chi connectivity index (χ3v) is 3.10. The third-order valence-electron chi connectivity index (χ3n) is 3.10. The maximum atomic E-state index is 11.3. The Bertz CT molecular complexity index is 271. The Hall–Kier alpha value is -1.12. The van der Waals surface area contributed by atoms with Crippen LogP contribution in [0.2, 0.25) is 0 Å². The van der Waals surface area contributed by atoms with E-state index >= 15 is 0 Å². The normalized spacial score (nSPS) is 11.9. The smallest absolute Gasteiger partial charge is 0.333 e. The first kappa shape index (κ1) is 17.9. The van der Waals surface area contributed by atoms with Gasteiger partial charge < -0.3 is 4.74 Å². The van der Waals surface area contributed by atoms with Gasteiger partial charge in [0.25, 0.3) is 0 Å². The number of carbonyl (C=O) groups is 2. The van der Waals surface area contributed by atoms with Crippen molar-refractivity contribution < 1.29 is 14.3 Å². The number of carbonyl (C=O) groups excluding carboxylic acids is 2. The zero-order chi connectivity index (χ0) is 14.5. The number of unbranched alkanes of at least 4 members (excludes halogenated alkanes) is 7. The minimum absolute atomic E-state index is 0.336. The summed E-state index contributed by atoms with van der Waals surface area (Å²) >= 11 is 0. The zero-order valence-corrected chi connectivity index (χ0v) is 12.5. The van der Waals surface area contributed by atoms with Gasteiger partial charge in [0.1, 0.15) is 0 Å². The van der Waals surface area contributed by atoms with Gasteiger partial charge >= 0.3 is 5.97 Å². The van der Waals surface area contributed by atoms with Gasteiger partial charge in [0, 0.05) is 5.57 Å². The Morgan fingerprint density at radius 2 is 1.63 bits per heavy atom. The largest absolute Gasteiger partial charge is 0.451 e. The first-order valence-electron chi connectivity index (χ1n) is 7.43. The van der Waals surface area contributed by atoms with Gasteiger partial charge in [-0.15, -0.1) is 0 Å². The highest BCUT2D eigenvalue weighted by Gasteiger charge is 2.13. The highest BCUT2D eigenvalue weighted by atomic mass is 16.5. The van der Waals surface area contributed by atoms with E-state index in [9.17, 15) is 9.59 Å². The molecule has 0 saturated carbocycles. The molecular formula is C16H28O3. The lowest BCUT2D eigenvalue weighted by atomic mass is 10.1. The topological polar surface area (TPSA) is 43.4 Å². The minimum Gasteiger partial charge on any atom is -0.451 e. The van der Waals surface area contributed by atoms with Crippen LogP contribution in [0.15, 0.2) is 12.2 Å². The number of esters is 1. The molecule has 0 spiro atoms. The summed E-state index contributed by atoms with van der Waals surface area (Å²) in [6.07, 6.45) is 10.4. The molecule has 0 aliphatic heterocycles. The zero-order valence-electron chi connectivity index (χ0n) is 12.5. The second-order valence-electron chi connectivity index (χ2n) is 5.12. The van der Waals surface area contributed by atoms with E-state index in [2.05, 4.69) is 13.5 Å². The highest BCUT2D eigenvalue weighted by molar-refractivity contribution is 5.88. The molecule has 3 nitrogen and oxygen atoms in total. The molecule has 1 unspecified atom stereocenters. The van der Waals surface area contributed by atoms with Crippen LogP contribution < -0.4 is 0 Å². The average molecular weight is 268 g/mol. The lowest BCUT2D eigenvalue weighted by molar-refractivity contribution is -0.147. The van der Waals surface area contributed by atoms with Crippen molar-refractivity contribution in [1.29, 1.82) is 0 Å². The molecule has 0 saturated heterocycles. The van der Waals surface area contributed by atoms with Crippen LogP contribution in [0.4, 0.5) is 0 Å². The monoisotopic (exact) mass is 268 g/mol. The minimum atomic E-state index is -0.607. The molecule has 0 N–H and O–H groups in total. The molecule has 0 amide bonds. The SMILES string of the molecule is C=C(C)C(=O)OC(C=O)CCCCCCCCCC. The summed E-state index contributed by atoms with van der Waals surface area (Å²) in [6, 6.07) is 0. The van der Waals surface area contributed by atoms with E-state index in [1.807, 2.05) is 0 Å². The molecule has 0 fully saturated rings. The van der Waals surface area contributed by atoms with Crippen molar-refractivity contribution in [1.82, 2.24) is 0 Å². The molecule has 19 heavy (non-hydrogen) atoms. The Labute approximate surface area is 117 Å². The summed E-state index contributed by atoms with van der Waals surface area (Å²) in [7, 11) is 0. The van der Waals surface area contributed by atoms with E-state index in [1.54, 1.807) is 6.92 Å². The van der Waals surface area contributed by atoms with Crippen molar-refractivity contribution in [2.45, 2.75) is 77.7 Å².